The standard InChI is InChI=1S/C17H15N3O7S/c18-28(25,26)14-6-3-5-13(10-14)19-16(21)11-27-17(22)9-8-12-4-1-2-7-15(12)20(23)24/h1-10H,11H2,(H,19,21)(H2,18,25,26). The van der Waals surface area contributed by atoms with Crippen molar-refractivity contribution in [2.45, 2.75) is 4.90 Å². The molecule has 10 nitrogen and oxygen atoms in total. The average molecular weight is 405 g/mol. The number of sulfonamides is 1. The smallest absolute Gasteiger partial charge is 0.331 e. The van der Waals surface area contributed by atoms with E-state index in [1.165, 1.54) is 42.5 Å². The van der Waals surface area contributed by atoms with Gasteiger partial charge in [0, 0.05) is 17.8 Å². The van der Waals surface area contributed by atoms with E-state index in [0.717, 1.165) is 12.1 Å². The summed E-state index contributed by atoms with van der Waals surface area (Å²) in [7, 11) is -3.92. The van der Waals surface area contributed by atoms with Crippen LogP contribution >= 0.6 is 0 Å². The predicted molar refractivity (Wildman–Crippen MR) is 99.5 cm³/mol. The van der Waals surface area contributed by atoms with Gasteiger partial charge in [-0.1, -0.05) is 18.2 Å². The number of rotatable bonds is 7. The van der Waals surface area contributed by atoms with E-state index in [2.05, 4.69) is 5.32 Å². The van der Waals surface area contributed by atoms with Crippen molar-refractivity contribution >= 4 is 39.4 Å². The third kappa shape index (κ3) is 6.00. The summed E-state index contributed by atoms with van der Waals surface area (Å²) in [6.45, 7) is -0.639. The quantitative estimate of drug-likeness (QED) is 0.305. The van der Waals surface area contributed by atoms with E-state index in [9.17, 15) is 28.1 Å². The van der Waals surface area contributed by atoms with Crippen molar-refractivity contribution < 1.29 is 27.7 Å². The normalized spacial score (nSPS) is 11.2. The molecular weight excluding hydrogens is 390 g/mol. The van der Waals surface area contributed by atoms with Gasteiger partial charge >= 0.3 is 5.97 Å². The lowest BCUT2D eigenvalue weighted by atomic mass is 10.1. The van der Waals surface area contributed by atoms with E-state index in [1.54, 1.807) is 6.07 Å². The molecule has 0 saturated heterocycles. The second-order valence-corrected chi connectivity index (χ2v) is 6.94. The summed E-state index contributed by atoms with van der Waals surface area (Å²) in [5, 5.41) is 18.3. The number of carbonyl (C=O) groups is 2. The minimum atomic E-state index is -3.92. The maximum Gasteiger partial charge on any atom is 0.331 e. The minimum Gasteiger partial charge on any atom is -0.452 e. The Morgan fingerprint density at radius 3 is 2.57 bits per heavy atom. The molecule has 146 valence electrons. The Balaban J connectivity index is 1.93. The SMILES string of the molecule is NS(=O)(=O)c1cccc(NC(=O)COC(=O)C=Cc2ccccc2[N+](=O)[O-])c1. The molecule has 0 spiro atoms. The zero-order valence-electron chi connectivity index (χ0n) is 14.3. The van der Waals surface area contributed by atoms with Gasteiger partial charge in [0.1, 0.15) is 0 Å². The van der Waals surface area contributed by atoms with Crippen molar-refractivity contribution in [2.24, 2.45) is 5.14 Å². The number of carbonyl (C=O) groups excluding carboxylic acids is 2. The van der Waals surface area contributed by atoms with Crippen LogP contribution < -0.4 is 10.5 Å². The van der Waals surface area contributed by atoms with Crippen molar-refractivity contribution in [3.05, 3.63) is 70.3 Å². The Hall–Kier alpha value is -3.57. The summed E-state index contributed by atoms with van der Waals surface area (Å²) in [5.41, 5.74) is 0.177. The third-order valence-electron chi connectivity index (χ3n) is 3.32. The van der Waals surface area contributed by atoms with Gasteiger partial charge in [-0.05, 0) is 30.3 Å². The Kier molecular flexibility index (Phi) is 6.58. The van der Waals surface area contributed by atoms with Gasteiger partial charge in [-0.3, -0.25) is 14.9 Å². The number of benzene rings is 2. The van der Waals surface area contributed by atoms with Crippen molar-refractivity contribution in [2.75, 3.05) is 11.9 Å². The number of nitrogens with zero attached hydrogens (tertiary/aromatic N) is 1. The zero-order valence-corrected chi connectivity index (χ0v) is 15.1. The summed E-state index contributed by atoms with van der Waals surface area (Å²) in [5.74, 6) is -1.59. The number of nitrogens with two attached hydrogens (primary N) is 1. The molecule has 0 heterocycles. The molecular formula is C17H15N3O7S. The lowest BCUT2D eigenvalue weighted by Crippen LogP contribution is -2.20. The Labute approximate surface area is 159 Å². The molecule has 0 saturated carbocycles. The fourth-order valence-corrected chi connectivity index (χ4v) is 2.64. The second-order valence-electron chi connectivity index (χ2n) is 5.38. The molecule has 1 amide bonds. The Bertz CT molecular complexity index is 1050. The van der Waals surface area contributed by atoms with Crippen LogP contribution in [0.3, 0.4) is 0 Å². The molecule has 0 aliphatic carbocycles. The summed E-state index contributed by atoms with van der Waals surface area (Å²) in [6.07, 6.45) is 2.16. The molecule has 0 bridgehead atoms. The van der Waals surface area contributed by atoms with Crippen LogP contribution in [0, 0.1) is 10.1 Å². The van der Waals surface area contributed by atoms with Gasteiger partial charge in [0.25, 0.3) is 11.6 Å². The largest absolute Gasteiger partial charge is 0.452 e. The third-order valence-corrected chi connectivity index (χ3v) is 4.24. The molecule has 2 aromatic rings. The van der Waals surface area contributed by atoms with E-state index in [1.807, 2.05) is 0 Å². The summed E-state index contributed by atoms with van der Waals surface area (Å²) in [6, 6.07) is 11.0. The number of primary sulfonamides is 1. The molecule has 11 heteroatoms. The van der Waals surface area contributed by atoms with Crippen molar-refractivity contribution in [3.8, 4) is 0 Å². The van der Waals surface area contributed by atoms with Crippen molar-refractivity contribution in [1.29, 1.82) is 0 Å². The molecule has 0 fully saturated rings. The number of nitrogens with one attached hydrogen (secondary N) is 1. The maximum atomic E-state index is 11.8. The van der Waals surface area contributed by atoms with E-state index < -0.39 is 33.4 Å². The highest BCUT2D eigenvalue weighted by Crippen LogP contribution is 2.19. The highest BCUT2D eigenvalue weighted by Gasteiger charge is 2.12. The number of nitro benzene ring substituents is 1. The summed E-state index contributed by atoms with van der Waals surface area (Å²) in [4.78, 5) is 33.6. The van der Waals surface area contributed by atoms with Crippen LogP contribution in [0.25, 0.3) is 6.08 Å². The lowest BCUT2D eigenvalue weighted by molar-refractivity contribution is -0.385. The van der Waals surface area contributed by atoms with Crippen LogP contribution in [0.15, 0.2) is 59.5 Å². The van der Waals surface area contributed by atoms with Gasteiger partial charge in [0.2, 0.25) is 10.0 Å². The van der Waals surface area contributed by atoms with Crippen LogP contribution in [0.2, 0.25) is 0 Å². The molecule has 3 N–H and O–H groups in total. The first kappa shape index (κ1) is 20.7. The average Bonchev–Trinajstić information content (AvgIpc) is 2.64. The number of ether oxygens (including phenoxy) is 1. The molecule has 0 aliphatic heterocycles. The van der Waals surface area contributed by atoms with E-state index in [4.69, 9.17) is 9.88 Å². The van der Waals surface area contributed by atoms with Crippen LogP contribution in [0.1, 0.15) is 5.56 Å². The number of esters is 1. The van der Waals surface area contributed by atoms with Gasteiger partial charge < -0.3 is 10.1 Å². The molecule has 0 aliphatic rings. The number of para-hydroxylation sites is 1. The lowest BCUT2D eigenvalue weighted by Gasteiger charge is -2.06. The van der Waals surface area contributed by atoms with Crippen molar-refractivity contribution in [3.63, 3.8) is 0 Å². The Morgan fingerprint density at radius 2 is 1.89 bits per heavy atom. The fourth-order valence-electron chi connectivity index (χ4n) is 2.09. The number of nitro groups is 1. The maximum absolute atomic E-state index is 11.8. The van der Waals surface area contributed by atoms with Crippen LogP contribution in [0.4, 0.5) is 11.4 Å². The highest BCUT2D eigenvalue weighted by atomic mass is 32.2. The van der Waals surface area contributed by atoms with E-state index >= 15 is 0 Å². The monoisotopic (exact) mass is 405 g/mol. The molecule has 2 aromatic carbocycles. The molecule has 0 unspecified atom stereocenters. The highest BCUT2D eigenvalue weighted by molar-refractivity contribution is 7.89. The minimum absolute atomic E-state index is 0.156. The first-order valence-electron chi connectivity index (χ1n) is 7.68. The molecule has 2 rings (SSSR count). The van der Waals surface area contributed by atoms with Crippen LogP contribution in [-0.4, -0.2) is 31.8 Å². The number of amides is 1. The molecule has 0 aromatic heterocycles. The number of hydrogen-bond donors (Lipinski definition) is 2. The van der Waals surface area contributed by atoms with Gasteiger partial charge in [-0.25, -0.2) is 18.4 Å². The molecule has 0 radical (unpaired) electrons. The number of hydrogen-bond acceptors (Lipinski definition) is 7. The molecule has 28 heavy (non-hydrogen) atoms. The van der Waals surface area contributed by atoms with Gasteiger partial charge in [0.05, 0.1) is 15.4 Å². The van der Waals surface area contributed by atoms with Gasteiger partial charge in [-0.2, -0.15) is 0 Å². The van der Waals surface area contributed by atoms with E-state index in [0.29, 0.717) is 0 Å². The van der Waals surface area contributed by atoms with E-state index in [-0.39, 0.29) is 21.8 Å². The van der Waals surface area contributed by atoms with Crippen LogP contribution in [-0.2, 0) is 24.3 Å². The topological polar surface area (TPSA) is 159 Å². The zero-order chi connectivity index (χ0) is 20.7. The fraction of sp³-hybridized carbons (Fsp3) is 0.0588. The first-order chi connectivity index (χ1) is 13.2. The predicted octanol–water partition coefficient (Wildman–Crippen LogP) is 1.44. The van der Waals surface area contributed by atoms with Gasteiger partial charge in [-0.15, -0.1) is 0 Å². The number of anilines is 1. The Morgan fingerprint density at radius 1 is 1.18 bits per heavy atom. The summed E-state index contributed by atoms with van der Waals surface area (Å²) >= 11 is 0. The molecule has 0 atom stereocenters. The first-order valence-corrected chi connectivity index (χ1v) is 9.22. The van der Waals surface area contributed by atoms with Crippen LogP contribution in [0.5, 0.6) is 0 Å². The second kappa shape index (κ2) is 8.88. The van der Waals surface area contributed by atoms with Gasteiger partial charge in [0.15, 0.2) is 6.61 Å². The summed E-state index contributed by atoms with van der Waals surface area (Å²) < 4.78 is 27.3. The van der Waals surface area contributed by atoms with Crippen molar-refractivity contribution in [1.82, 2.24) is 0 Å².